The quantitative estimate of drug-likeness (QED) is 0.0244. The van der Waals surface area contributed by atoms with Crippen LogP contribution in [0.5, 0.6) is 0 Å². The van der Waals surface area contributed by atoms with E-state index in [1.54, 1.807) is 0 Å². The van der Waals surface area contributed by atoms with Crippen LogP contribution in [-0.2, 0) is 61.7 Å². The Kier molecular flexibility index (Phi) is 26.2. The van der Waals surface area contributed by atoms with Gasteiger partial charge in [0.1, 0.15) is 17.8 Å². The molecule has 2 rings (SSSR count). The molecule has 59 heavy (non-hydrogen) atoms. The van der Waals surface area contributed by atoms with E-state index in [1.807, 2.05) is 78.8 Å². The molecule has 0 radical (unpaired) electrons. The van der Waals surface area contributed by atoms with Gasteiger partial charge in [-0.05, 0) is 79.4 Å². The summed E-state index contributed by atoms with van der Waals surface area (Å²) in [6.07, 6.45) is 10.6. The lowest BCUT2D eigenvalue weighted by molar-refractivity contribution is -0.167. The maximum Gasteiger partial charge on any atom is 0.309 e. The highest BCUT2D eigenvalue weighted by Gasteiger charge is 2.48. The SMILES string of the molecule is CCOCCOC1CCC(C)(OCCOCC)C(OC(C)=O)/C=C/C(C)C(/C(C)=C/C=C/C(C)(CC2OC2C(C)C(CC)OCCOCC)OCCOCC)OC(=O)C1. The molecule has 0 N–H and O–H groups in total. The van der Waals surface area contributed by atoms with Crippen LogP contribution in [0.25, 0.3) is 0 Å². The van der Waals surface area contributed by atoms with Crippen molar-refractivity contribution < 1.29 is 61.7 Å². The molecule has 342 valence electrons. The lowest BCUT2D eigenvalue weighted by atomic mass is 9.88. The van der Waals surface area contributed by atoms with Crippen molar-refractivity contribution in [3.63, 3.8) is 0 Å². The highest BCUT2D eigenvalue weighted by atomic mass is 16.6. The van der Waals surface area contributed by atoms with Gasteiger partial charge in [-0.2, -0.15) is 0 Å². The van der Waals surface area contributed by atoms with Crippen molar-refractivity contribution in [3.8, 4) is 0 Å². The van der Waals surface area contributed by atoms with Gasteiger partial charge in [0.05, 0.1) is 89.3 Å². The van der Waals surface area contributed by atoms with E-state index < -0.39 is 35.5 Å². The third kappa shape index (κ3) is 20.5. The minimum atomic E-state index is -0.921. The third-order valence-corrected chi connectivity index (χ3v) is 10.8. The number of cyclic esters (lactones) is 1. The number of carbonyl (C=O) groups is 2. The summed E-state index contributed by atoms with van der Waals surface area (Å²) in [5.41, 5.74) is -0.747. The Bertz CT molecular complexity index is 1260. The molecule has 0 saturated carbocycles. The van der Waals surface area contributed by atoms with Crippen LogP contribution in [0, 0.1) is 11.8 Å². The summed E-state index contributed by atoms with van der Waals surface area (Å²) in [6.45, 7) is 27.3. The van der Waals surface area contributed by atoms with E-state index >= 15 is 0 Å². The van der Waals surface area contributed by atoms with E-state index in [2.05, 4.69) is 20.8 Å². The van der Waals surface area contributed by atoms with Crippen LogP contribution in [0.15, 0.2) is 36.0 Å². The second-order valence-corrected chi connectivity index (χ2v) is 15.8. The van der Waals surface area contributed by atoms with Crippen LogP contribution in [0.2, 0.25) is 0 Å². The molecule has 0 spiro atoms. The summed E-state index contributed by atoms with van der Waals surface area (Å²) in [7, 11) is 0. The minimum Gasteiger partial charge on any atom is -0.457 e. The number of epoxide rings is 1. The number of allylic oxidation sites excluding steroid dienone is 2. The molecular formula is C46H80O13. The summed E-state index contributed by atoms with van der Waals surface area (Å²) < 4.78 is 65.7. The van der Waals surface area contributed by atoms with Crippen molar-refractivity contribution in [2.24, 2.45) is 11.8 Å². The molecule has 2 aliphatic heterocycles. The zero-order valence-electron chi connectivity index (χ0n) is 38.3. The van der Waals surface area contributed by atoms with E-state index in [-0.39, 0.29) is 42.5 Å². The predicted octanol–water partition coefficient (Wildman–Crippen LogP) is 7.38. The number of hydrogen-bond acceptors (Lipinski definition) is 13. The highest BCUT2D eigenvalue weighted by molar-refractivity contribution is 5.70. The summed E-state index contributed by atoms with van der Waals surface area (Å²) in [4.78, 5) is 26.1. The Balaban J connectivity index is 2.39. The zero-order valence-corrected chi connectivity index (χ0v) is 38.3. The maximum atomic E-state index is 13.7. The first-order valence-electron chi connectivity index (χ1n) is 22.1. The van der Waals surface area contributed by atoms with Gasteiger partial charge >= 0.3 is 11.9 Å². The van der Waals surface area contributed by atoms with E-state index in [0.717, 1.165) is 12.0 Å². The van der Waals surface area contributed by atoms with Gasteiger partial charge in [0.25, 0.3) is 0 Å². The van der Waals surface area contributed by atoms with Crippen molar-refractivity contribution >= 4 is 11.9 Å². The fraction of sp³-hybridized carbons (Fsp3) is 0.826. The van der Waals surface area contributed by atoms with Gasteiger partial charge in [-0.15, -0.1) is 0 Å². The summed E-state index contributed by atoms with van der Waals surface area (Å²) in [5.74, 6) is -0.867. The molecule has 0 aromatic carbocycles. The fourth-order valence-electron chi connectivity index (χ4n) is 7.39. The van der Waals surface area contributed by atoms with Crippen LogP contribution in [-0.4, -0.2) is 139 Å². The summed E-state index contributed by atoms with van der Waals surface area (Å²) >= 11 is 0. The van der Waals surface area contributed by atoms with Gasteiger partial charge in [-0.1, -0.05) is 45.1 Å². The Morgan fingerprint density at radius 3 is 2.17 bits per heavy atom. The summed E-state index contributed by atoms with van der Waals surface area (Å²) in [5, 5.41) is 0. The first-order valence-corrected chi connectivity index (χ1v) is 22.1. The fourth-order valence-corrected chi connectivity index (χ4v) is 7.39. The van der Waals surface area contributed by atoms with Gasteiger partial charge in [-0.25, -0.2) is 0 Å². The molecule has 0 aliphatic carbocycles. The van der Waals surface area contributed by atoms with Crippen LogP contribution in [0.4, 0.5) is 0 Å². The molecule has 1 fully saturated rings. The van der Waals surface area contributed by atoms with E-state index in [1.165, 1.54) is 6.92 Å². The van der Waals surface area contributed by atoms with Crippen molar-refractivity contribution in [1.82, 2.24) is 0 Å². The van der Waals surface area contributed by atoms with Gasteiger partial charge < -0.3 is 52.1 Å². The average molecular weight is 841 g/mol. The van der Waals surface area contributed by atoms with Crippen LogP contribution in [0.3, 0.4) is 0 Å². The Labute approximate surface area is 356 Å². The lowest BCUT2D eigenvalue weighted by Gasteiger charge is -2.37. The topological polar surface area (TPSA) is 139 Å². The molecule has 10 atom stereocenters. The van der Waals surface area contributed by atoms with Crippen molar-refractivity contribution in [3.05, 3.63) is 36.0 Å². The van der Waals surface area contributed by atoms with E-state index in [0.29, 0.717) is 98.5 Å². The molecule has 2 aliphatic rings. The van der Waals surface area contributed by atoms with Gasteiger partial charge in [0.15, 0.2) is 0 Å². The zero-order chi connectivity index (χ0) is 43.7. The molecule has 0 amide bonds. The smallest absolute Gasteiger partial charge is 0.309 e. The number of esters is 2. The van der Waals surface area contributed by atoms with Crippen molar-refractivity contribution in [2.75, 3.05) is 79.3 Å². The standard InChI is InChI=1S/C46H80O13/c1-12-39(54-29-25-50-14-3)36(8)44-40(58-44)33-45(10,55-30-26-51-15-4)22-17-18-34(6)43-35(7)19-20-41(57-37(9)47)46(11,56-31-27-52-16-5)23-21-38(32-42(48)59-43)53-28-24-49-13-2/h17-20,22,35-36,38-41,43-44H,12-16,21,23-33H2,1-11H3/b20-19+,22-17+,34-18+. The molecule has 0 aromatic rings. The molecule has 2 heterocycles. The number of rotatable bonds is 29. The van der Waals surface area contributed by atoms with E-state index in [4.69, 9.17) is 52.1 Å². The molecule has 10 unspecified atom stereocenters. The second kappa shape index (κ2) is 29.2. The minimum absolute atomic E-state index is 0.0153. The van der Waals surface area contributed by atoms with Gasteiger partial charge in [-0.3, -0.25) is 9.59 Å². The second-order valence-electron chi connectivity index (χ2n) is 15.8. The predicted molar refractivity (Wildman–Crippen MR) is 227 cm³/mol. The number of hydrogen-bond donors (Lipinski definition) is 0. The van der Waals surface area contributed by atoms with Gasteiger partial charge in [0, 0.05) is 51.6 Å². The molecule has 13 heteroatoms. The Morgan fingerprint density at radius 2 is 1.54 bits per heavy atom. The van der Waals surface area contributed by atoms with Crippen molar-refractivity contribution in [2.45, 2.75) is 156 Å². The molecule has 1 saturated heterocycles. The summed E-state index contributed by atoms with van der Waals surface area (Å²) in [6, 6.07) is 0. The van der Waals surface area contributed by atoms with Crippen LogP contribution >= 0.6 is 0 Å². The van der Waals surface area contributed by atoms with Crippen LogP contribution in [0.1, 0.15) is 108 Å². The molecule has 0 aromatic heterocycles. The monoisotopic (exact) mass is 841 g/mol. The van der Waals surface area contributed by atoms with Crippen molar-refractivity contribution in [1.29, 1.82) is 0 Å². The highest BCUT2D eigenvalue weighted by Crippen LogP contribution is 2.39. The number of ether oxygens (including phenoxy) is 11. The largest absolute Gasteiger partial charge is 0.457 e. The average Bonchev–Trinajstić information content (AvgIpc) is 3.97. The lowest BCUT2D eigenvalue weighted by Crippen LogP contribution is -2.45. The first kappa shape index (κ1) is 52.9. The van der Waals surface area contributed by atoms with Crippen LogP contribution < -0.4 is 0 Å². The molecule has 0 bridgehead atoms. The molecule has 13 nitrogen and oxygen atoms in total. The maximum absolute atomic E-state index is 13.7. The first-order chi connectivity index (χ1) is 28.3. The number of carbonyl (C=O) groups excluding carboxylic acids is 2. The molecular weight excluding hydrogens is 760 g/mol. The third-order valence-electron chi connectivity index (χ3n) is 10.8. The normalized spacial score (nSPS) is 28.3. The Hall–Kier alpha value is -2.20. The van der Waals surface area contributed by atoms with Gasteiger partial charge in [0.2, 0.25) is 0 Å². The van der Waals surface area contributed by atoms with E-state index in [9.17, 15) is 9.59 Å². The Morgan fingerprint density at radius 1 is 0.915 bits per heavy atom.